The van der Waals surface area contributed by atoms with Gasteiger partial charge in [0.15, 0.2) is 5.96 Å². The summed E-state index contributed by atoms with van der Waals surface area (Å²) in [6.07, 6.45) is 7.92. The molecule has 1 amide bonds. The molecule has 2 aliphatic rings. The predicted octanol–water partition coefficient (Wildman–Crippen LogP) is 1.46. The lowest BCUT2D eigenvalue weighted by molar-refractivity contribution is -0.120. The van der Waals surface area contributed by atoms with Gasteiger partial charge in [0.25, 0.3) is 0 Å². The van der Waals surface area contributed by atoms with Gasteiger partial charge in [-0.1, -0.05) is 0 Å². The average molecular weight is 524 g/mol. The number of amides is 1. The Morgan fingerprint density at radius 1 is 1.23 bits per heavy atom. The number of piperazine rings is 1. The monoisotopic (exact) mass is 524 g/mol. The first-order chi connectivity index (χ1) is 14.1. The number of halogens is 1. The first-order valence-corrected chi connectivity index (χ1v) is 10.1. The van der Waals surface area contributed by atoms with Crippen molar-refractivity contribution in [2.24, 2.45) is 12.0 Å². The number of aliphatic imine (C=N–C) groups is 1. The van der Waals surface area contributed by atoms with Crippen molar-refractivity contribution in [1.82, 2.24) is 25.0 Å². The van der Waals surface area contributed by atoms with Gasteiger partial charge in [-0.15, -0.1) is 24.0 Å². The fourth-order valence-electron chi connectivity index (χ4n) is 3.88. The molecule has 0 saturated carbocycles. The third-order valence-corrected chi connectivity index (χ3v) is 5.43. The maximum atomic E-state index is 12.7. The van der Waals surface area contributed by atoms with Gasteiger partial charge >= 0.3 is 0 Å². The lowest BCUT2D eigenvalue weighted by atomic mass is 10.2. The van der Waals surface area contributed by atoms with Gasteiger partial charge < -0.3 is 20.0 Å². The second-order valence-corrected chi connectivity index (χ2v) is 7.46. The number of anilines is 2. The van der Waals surface area contributed by atoms with Crippen molar-refractivity contribution in [3.63, 3.8) is 0 Å². The Morgan fingerprint density at radius 2 is 2.03 bits per heavy atom. The molecule has 0 atom stereocenters. The van der Waals surface area contributed by atoms with Crippen molar-refractivity contribution in [1.29, 1.82) is 0 Å². The Kier molecular flexibility index (Phi) is 7.51. The van der Waals surface area contributed by atoms with Crippen LogP contribution in [0, 0.1) is 0 Å². The summed E-state index contributed by atoms with van der Waals surface area (Å²) in [5.41, 5.74) is 2.00. The summed E-state index contributed by atoms with van der Waals surface area (Å²) < 4.78 is 1.71. The molecule has 9 nitrogen and oxygen atoms in total. The van der Waals surface area contributed by atoms with E-state index in [0.717, 1.165) is 42.7 Å². The number of aromatic nitrogens is 3. The van der Waals surface area contributed by atoms with Crippen LogP contribution in [0.15, 0.2) is 35.7 Å². The maximum Gasteiger partial charge on any atom is 0.246 e. The van der Waals surface area contributed by atoms with Gasteiger partial charge in [-0.05, 0) is 30.5 Å². The van der Waals surface area contributed by atoms with Crippen molar-refractivity contribution in [2.75, 3.05) is 49.6 Å². The normalized spacial score (nSPS) is 17.3. The molecule has 10 heteroatoms. The molecule has 0 aromatic carbocycles. The molecule has 2 aliphatic heterocycles. The predicted molar refractivity (Wildman–Crippen MR) is 128 cm³/mol. The molecular weight excluding hydrogens is 495 g/mol. The number of hydrogen-bond acceptors (Lipinski definition) is 5. The zero-order valence-corrected chi connectivity index (χ0v) is 19.8. The molecule has 162 valence electrons. The van der Waals surface area contributed by atoms with E-state index in [4.69, 9.17) is 0 Å². The van der Waals surface area contributed by atoms with E-state index in [2.05, 4.69) is 31.4 Å². The second-order valence-electron chi connectivity index (χ2n) is 7.46. The van der Waals surface area contributed by atoms with Crippen LogP contribution >= 0.6 is 24.0 Å². The fourth-order valence-corrected chi connectivity index (χ4v) is 3.88. The largest absolute Gasteiger partial charge is 0.357 e. The maximum absolute atomic E-state index is 12.7. The quantitative estimate of drug-likeness (QED) is 0.371. The van der Waals surface area contributed by atoms with Crippen LogP contribution in [0.3, 0.4) is 0 Å². The summed E-state index contributed by atoms with van der Waals surface area (Å²) in [6, 6.07) is 4.16. The highest BCUT2D eigenvalue weighted by Crippen LogP contribution is 2.19. The average Bonchev–Trinajstić information content (AvgIpc) is 3.41. The summed E-state index contributed by atoms with van der Waals surface area (Å²) >= 11 is 0. The number of carbonyl (C=O) groups excluding carboxylic acids is 1. The second kappa shape index (κ2) is 10.1. The number of pyridine rings is 1. The molecular formula is C20H29IN8O. The summed E-state index contributed by atoms with van der Waals surface area (Å²) in [6.45, 7) is 4.43. The van der Waals surface area contributed by atoms with E-state index in [0.29, 0.717) is 19.6 Å². The summed E-state index contributed by atoms with van der Waals surface area (Å²) in [7, 11) is 3.60. The van der Waals surface area contributed by atoms with Gasteiger partial charge in [0.2, 0.25) is 5.91 Å². The molecule has 2 aromatic heterocycles. The van der Waals surface area contributed by atoms with Gasteiger partial charge in [-0.25, -0.2) is 4.98 Å². The van der Waals surface area contributed by atoms with E-state index in [-0.39, 0.29) is 29.9 Å². The minimum Gasteiger partial charge on any atom is -0.357 e. The van der Waals surface area contributed by atoms with Crippen molar-refractivity contribution in [3.05, 3.63) is 36.3 Å². The number of guanidine groups is 1. The Labute approximate surface area is 194 Å². The van der Waals surface area contributed by atoms with Crippen LogP contribution < -0.4 is 15.1 Å². The van der Waals surface area contributed by atoms with Crippen LogP contribution in [0.2, 0.25) is 0 Å². The topological polar surface area (TPSA) is 81.9 Å². The summed E-state index contributed by atoms with van der Waals surface area (Å²) in [4.78, 5) is 27.6. The van der Waals surface area contributed by atoms with E-state index >= 15 is 0 Å². The van der Waals surface area contributed by atoms with E-state index in [1.807, 2.05) is 30.4 Å². The number of hydrogen-bond donors (Lipinski definition) is 1. The van der Waals surface area contributed by atoms with E-state index < -0.39 is 0 Å². The van der Waals surface area contributed by atoms with Crippen molar-refractivity contribution in [2.45, 2.75) is 19.4 Å². The van der Waals surface area contributed by atoms with E-state index in [1.54, 1.807) is 22.8 Å². The minimum absolute atomic E-state index is 0. The lowest BCUT2D eigenvalue weighted by Gasteiger charge is -2.35. The SMILES string of the molecule is CN=C(NCc1ccnc(N2CCCC2)c1)N1CCN(c2cnn(C)c2)C(=O)C1.I. The number of aryl methyl sites for hydroxylation is 1. The molecule has 2 fully saturated rings. The van der Waals surface area contributed by atoms with E-state index in [9.17, 15) is 4.79 Å². The zero-order chi connectivity index (χ0) is 20.2. The van der Waals surface area contributed by atoms with Crippen LogP contribution in [0.4, 0.5) is 11.5 Å². The molecule has 0 radical (unpaired) electrons. The molecule has 4 heterocycles. The van der Waals surface area contributed by atoms with Gasteiger partial charge in [0.1, 0.15) is 12.4 Å². The first-order valence-electron chi connectivity index (χ1n) is 10.1. The van der Waals surface area contributed by atoms with Gasteiger partial charge in [0.05, 0.1) is 11.9 Å². The van der Waals surface area contributed by atoms with Crippen LogP contribution in [-0.4, -0.2) is 71.3 Å². The number of nitrogens with zero attached hydrogens (tertiary/aromatic N) is 7. The van der Waals surface area contributed by atoms with Gasteiger partial charge in [-0.3, -0.25) is 14.5 Å². The summed E-state index contributed by atoms with van der Waals surface area (Å²) in [5.74, 6) is 1.83. The van der Waals surface area contributed by atoms with Crippen LogP contribution in [0.25, 0.3) is 0 Å². The standard InChI is InChI=1S/C20H28N8O.HI/c1-21-20(23-12-16-5-6-22-18(11-16)26-7-3-4-8-26)27-9-10-28(19(29)15-27)17-13-24-25(2)14-17;/h5-6,11,13-14H,3-4,7-10,12,15H2,1-2H3,(H,21,23);1H. The van der Waals surface area contributed by atoms with Crippen LogP contribution in [0.1, 0.15) is 18.4 Å². The van der Waals surface area contributed by atoms with Crippen molar-refractivity contribution in [3.8, 4) is 0 Å². The molecule has 4 rings (SSSR count). The lowest BCUT2D eigenvalue weighted by Crippen LogP contribution is -2.55. The molecule has 0 aliphatic carbocycles. The first kappa shape index (κ1) is 22.3. The summed E-state index contributed by atoms with van der Waals surface area (Å²) in [5, 5.41) is 7.55. The number of nitrogens with one attached hydrogen (secondary N) is 1. The van der Waals surface area contributed by atoms with Gasteiger partial charge in [-0.2, -0.15) is 5.10 Å². The molecule has 0 spiro atoms. The van der Waals surface area contributed by atoms with Crippen LogP contribution in [-0.2, 0) is 18.4 Å². The number of carbonyl (C=O) groups is 1. The fraction of sp³-hybridized carbons (Fsp3) is 0.500. The Bertz CT molecular complexity index is 892. The Hall–Kier alpha value is -2.37. The Morgan fingerprint density at radius 3 is 2.70 bits per heavy atom. The minimum atomic E-state index is 0. The highest BCUT2D eigenvalue weighted by Gasteiger charge is 2.27. The Balaban J connectivity index is 0.00000256. The third-order valence-electron chi connectivity index (χ3n) is 5.43. The van der Waals surface area contributed by atoms with E-state index in [1.165, 1.54) is 12.8 Å². The van der Waals surface area contributed by atoms with Crippen molar-refractivity contribution < 1.29 is 4.79 Å². The smallest absolute Gasteiger partial charge is 0.246 e. The molecule has 2 saturated heterocycles. The van der Waals surface area contributed by atoms with Crippen LogP contribution in [0.5, 0.6) is 0 Å². The van der Waals surface area contributed by atoms with Gasteiger partial charge in [0, 0.05) is 59.2 Å². The molecule has 0 unspecified atom stereocenters. The molecule has 1 N–H and O–H groups in total. The zero-order valence-electron chi connectivity index (χ0n) is 17.5. The molecule has 30 heavy (non-hydrogen) atoms. The highest BCUT2D eigenvalue weighted by molar-refractivity contribution is 14.0. The third kappa shape index (κ3) is 5.02. The molecule has 0 bridgehead atoms. The van der Waals surface area contributed by atoms with Crippen molar-refractivity contribution >= 4 is 47.3 Å². The highest BCUT2D eigenvalue weighted by atomic mass is 127. The number of rotatable bonds is 4. The molecule has 2 aromatic rings.